The molecule has 3 aromatic rings. The van der Waals surface area contributed by atoms with Gasteiger partial charge in [0.25, 0.3) is 0 Å². The zero-order chi connectivity index (χ0) is 22.2. The molecule has 0 radical (unpaired) electrons. The van der Waals surface area contributed by atoms with Crippen LogP contribution in [0.3, 0.4) is 0 Å². The summed E-state index contributed by atoms with van der Waals surface area (Å²) in [6.07, 6.45) is -0.714. The zero-order valence-electron chi connectivity index (χ0n) is 18.6. The third-order valence-corrected chi connectivity index (χ3v) is 6.68. The third kappa shape index (κ3) is 3.73. The van der Waals surface area contributed by atoms with E-state index < -0.39 is 6.10 Å². The van der Waals surface area contributed by atoms with Gasteiger partial charge in [0.15, 0.2) is 0 Å². The Labute approximate surface area is 188 Å². The number of ether oxygens (including phenoxy) is 1. The largest absolute Gasteiger partial charge is 0.389 e. The van der Waals surface area contributed by atoms with Gasteiger partial charge in [-0.3, -0.25) is 4.90 Å². The number of anilines is 1. The lowest BCUT2D eigenvalue weighted by Gasteiger charge is -2.43. The highest BCUT2D eigenvalue weighted by Crippen LogP contribution is 2.37. The molecule has 0 saturated carbocycles. The number of benzene rings is 2. The van der Waals surface area contributed by atoms with Gasteiger partial charge in [-0.2, -0.15) is 5.26 Å². The number of aliphatic hydroxyl groups excluding tert-OH is 1. The number of nitriles is 1. The van der Waals surface area contributed by atoms with Crippen LogP contribution in [0.5, 0.6) is 0 Å². The average molecular weight is 429 g/mol. The van der Waals surface area contributed by atoms with E-state index in [2.05, 4.69) is 33.0 Å². The maximum absolute atomic E-state index is 10.6. The van der Waals surface area contributed by atoms with Crippen molar-refractivity contribution in [2.45, 2.75) is 26.0 Å². The summed E-state index contributed by atoms with van der Waals surface area (Å²) >= 11 is 0. The second-order valence-electron chi connectivity index (χ2n) is 8.82. The molecule has 0 bridgehead atoms. The molecule has 2 aromatic carbocycles. The summed E-state index contributed by atoms with van der Waals surface area (Å²) in [5.41, 5.74) is 5.74. The second kappa shape index (κ2) is 8.51. The predicted molar refractivity (Wildman–Crippen MR) is 126 cm³/mol. The molecule has 32 heavy (non-hydrogen) atoms. The molecule has 2 aliphatic rings. The van der Waals surface area contributed by atoms with Gasteiger partial charge in [-0.1, -0.05) is 24.3 Å². The number of rotatable bonds is 4. The highest BCUT2D eigenvalue weighted by Gasteiger charge is 2.29. The van der Waals surface area contributed by atoms with Gasteiger partial charge in [0.05, 0.1) is 30.9 Å². The van der Waals surface area contributed by atoms with Gasteiger partial charge in [-0.25, -0.2) is 4.98 Å². The van der Waals surface area contributed by atoms with Crippen LogP contribution in [-0.2, 0) is 4.74 Å². The average Bonchev–Trinajstić information content (AvgIpc) is 2.77. The van der Waals surface area contributed by atoms with Crippen LogP contribution in [0.2, 0.25) is 0 Å². The predicted octanol–water partition coefficient (Wildman–Crippen LogP) is 3.66. The molecule has 0 aliphatic carbocycles. The first-order valence-corrected chi connectivity index (χ1v) is 11.2. The van der Waals surface area contributed by atoms with E-state index in [4.69, 9.17) is 4.74 Å². The lowest BCUT2D eigenvalue weighted by molar-refractivity contribution is -0.0660. The number of aryl methyl sites for hydroxylation is 1. The molecule has 1 atom stereocenters. The summed E-state index contributed by atoms with van der Waals surface area (Å²) in [5, 5.41) is 21.4. The number of aromatic nitrogens is 1. The number of hydrogen-bond donors (Lipinski definition) is 1. The topological polar surface area (TPSA) is 72.6 Å². The lowest BCUT2D eigenvalue weighted by Crippen LogP contribution is -2.56. The lowest BCUT2D eigenvalue weighted by atomic mass is 9.91. The highest BCUT2D eigenvalue weighted by atomic mass is 16.5. The van der Waals surface area contributed by atoms with Crippen molar-refractivity contribution in [3.05, 3.63) is 59.3 Å². The van der Waals surface area contributed by atoms with Crippen LogP contribution in [0.1, 0.15) is 29.8 Å². The fourth-order valence-electron chi connectivity index (χ4n) is 4.83. The molecule has 5 rings (SSSR count). The Hall–Kier alpha value is -2.98. The fraction of sp³-hybridized carbons (Fsp3) is 0.385. The summed E-state index contributed by atoms with van der Waals surface area (Å²) < 4.78 is 5.33. The van der Waals surface area contributed by atoms with Crippen molar-refractivity contribution in [2.75, 3.05) is 44.3 Å². The van der Waals surface area contributed by atoms with E-state index in [1.165, 1.54) is 5.69 Å². The quantitative estimate of drug-likeness (QED) is 0.684. The number of nitrogens with zero attached hydrogens (tertiary/aromatic N) is 4. The molecule has 1 aromatic heterocycles. The molecule has 6 heteroatoms. The van der Waals surface area contributed by atoms with Gasteiger partial charge in [-0.15, -0.1) is 0 Å². The summed E-state index contributed by atoms with van der Waals surface area (Å²) in [4.78, 5) is 9.55. The van der Waals surface area contributed by atoms with E-state index in [0.717, 1.165) is 72.5 Å². The molecule has 164 valence electrons. The Balaban J connectivity index is 1.47. The van der Waals surface area contributed by atoms with Crippen LogP contribution in [-0.4, -0.2) is 60.4 Å². The molecule has 0 spiro atoms. The van der Waals surface area contributed by atoms with Crippen molar-refractivity contribution in [1.29, 1.82) is 5.26 Å². The van der Waals surface area contributed by atoms with Crippen molar-refractivity contribution in [3.63, 3.8) is 0 Å². The van der Waals surface area contributed by atoms with E-state index in [0.29, 0.717) is 11.7 Å². The second-order valence-corrected chi connectivity index (χ2v) is 8.82. The van der Waals surface area contributed by atoms with E-state index in [1.807, 2.05) is 37.3 Å². The van der Waals surface area contributed by atoms with Crippen molar-refractivity contribution in [3.8, 4) is 17.2 Å². The van der Waals surface area contributed by atoms with Crippen LogP contribution >= 0.6 is 0 Å². The SMILES string of the molecule is Cc1ccc2c(C(C)O)c(-c3ccc(N4CCN(C5COC5)CC4)cc3)c(C#N)nc2c1. The van der Waals surface area contributed by atoms with Gasteiger partial charge in [0, 0.05) is 48.4 Å². The minimum atomic E-state index is -0.714. The molecule has 3 heterocycles. The molecule has 0 amide bonds. The monoisotopic (exact) mass is 428 g/mol. The Bertz CT molecular complexity index is 1170. The Morgan fingerprint density at radius 3 is 2.41 bits per heavy atom. The number of pyridine rings is 1. The third-order valence-electron chi connectivity index (χ3n) is 6.68. The standard InChI is InChI=1S/C26H28N4O2/c1-17-3-8-22-23(13-17)28-24(14-27)26(25(22)18(2)31)19-4-6-20(7-5-19)29-9-11-30(12-10-29)21-15-32-16-21/h3-8,13,18,21,31H,9-12,15-16H2,1-2H3. The van der Waals surface area contributed by atoms with Crippen LogP contribution < -0.4 is 4.90 Å². The molecular weight excluding hydrogens is 400 g/mol. The summed E-state index contributed by atoms with van der Waals surface area (Å²) in [6.45, 7) is 9.57. The van der Waals surface area contributed by atoms with Crippen LogP contribution in [0, 0.1) is 18.3 Å². The minimum absolute atomic E-state index is 0.350. The van der Waals surface area contributed by atoms with Gasteiger partial charge in [-0.05, 0) is 43.2 Å². The van der Waals surface area contributed by atoms with Crippen LogP contribution in [0.25, 0.3) is 22.0 Å². The maximum Gasteiger partial charge on any atom is 0.149 e. The van der Waals surface area contributed by atoms with Crippen LogP contribution in [0.4, 0.5) is 5.69 Å². The summed E-state index contributed by atoms with van der Waals surface area (Å²) in [5.74, 6) is 0. The van der Waals surface area contributed by atoms with E-state index in [1.54, 1.807) is 6.92 Å². The molecular formula is C26H28N4O2. The van der Waals surface area contributed by atoms with Crippen molar-refractivity contribution < 1.29 is 9.84 Å². The van der Waals surface area contributed by atoms with Gasteiger partial charge in [0.2, 0.25) is 0 Å². The number of piperazine rings is 1. The normalized spacial score (nSPS) is 18.4. The molecule has 2 saturated heterocycles. The summed E-state index contributed by atoms with van der Waals surface area (Å²) in [6, 6.07) is 17.1. The Morgan fingerprint density at radius 1 is 1.09 bits per heavy atom. The summed E-state index contributed by atoms with van der Waals surface area (Å²) in [7, 11) is 0. The van der Waals surface area contributed by atoms with Crippen molar-refractivity contribution >= 4 is 16.6 Å². The highest BCUT2D eigenvalue weighted by molar-refractivity contribution is 5.92. The number of aliphatic hydroxyl groups is 1. The van der Waals surface area contributed by atoms with Crippen molar-refractivity contribution in [1.82, 2.24) is 9.88 Å². The number of hydrogen-bond acceptors (Lipinski definition) is 6. The number of fused-ring (bicyclic) bond motifs is 1. The molecule has 2 fully saturated rings. The van der Waals surface area contributed by atoms with E-state index in [-0.39, 0.29) is 0 Å². The molecule has 6 nitrogen and oxygen atoms in total. The first kappa shape index (κ1) is 20.9. The fourth-order valence-corrected chi connectivity index (χ4v) is 4.83. The van der Waals surface area contributed by atoms with Crippen LogP contribution in [0.15, 0.2) is 42.5 Å². The minimum Gasteiger partial charge on any atom is -0.389 e. The first-order chi connectivity index (χ1) is 15.5. The van der Waals surface area contributed by atoms with E-state index >= 15 is 0 Å². The Morgan fingerprint density at radius 2 is 1.81 bits per heavy atom. The van der Waals surface area contributed by atoms with Crippen molar-refractivity contribution in [2.24, 2.45) is 0 Å². The van der Waals surface area contributed by atoms with E-state index in [9.17, 15) is 10.4 Å². The molecule has 1 N–H and O–H groups in total. The van der Waals surface area contributed by atoms with Gasteiger partial charge < -0.3 is 14.7 Å². The molecule has 2 aliphatic heterocycles. The molecule has 1 unspecified atom stereocenters. The first-order valence-electron chi connectivity index (χ1n) is 11.2. The maximum atomic E-state index is 10.6. The van der Waals surface area contributed by atoms with Gasteiger partial charge in [0.1, 0.15) is 11.8 Å². The Kier molecular flexibility index (Phi) is 5.56. The zero-order valence-corrected chi connectivity index (χ0v) is 18.6. The smallest absolute Gasteiger partial charge is 0.149 e. The van der Waals surface area contributed by atoms with Gasteiger partial charge >= 0.3 is 0 Å².